The molecule has 2 aliphatic heterocycles. The van der Waals surface area contributed by atoms with Crippen LogP contribution < -0.4 is 20.5 Å². The van der Waals surface area contributed by atoms with Gasteiger partial charge in [0.2, 0.25) is 5.88 Å². The summed E-state index contributed by atoms with van der Waals surface area (Å²) in [5.41, 5.74) is 5.22. The molecular formula is C21H28FN7O3S. The minimum absolute atomic E-state index is 0.00177. The maximum absolute atomic E-state index is 15.0. The van der Waals surface area contributed by atoms with Gasteiger partial charge >= 0.3 is 0 Å². The van der Waals surface area contributed by atoms with Crippen molar-refractivity contribution in [3.8, 4) is 5.88 Å². The maximum atomic E-state index is 15.0. The fraction of sp³-hybridized carbons (Fsp3) is 0.476. The molecule has 33 heavy (non-hydrogen) atoms. The molecule has 178 valence electrons. The molecule has 10 nitrogen and oxygen atoms in total. The van der Waals surface area contributed by atoms with E-state index in [1.807, 2.05) is 6.92 Å². The Morgan fingerprint density at radius 1 is 1.30 bits per heavy atom. The number of hydrogen-bond donors (Lipinski definition) is 4. The lowest BCUT2D eigenvalue weighted by atomic mass is 9.96. The molecule has 0 radical (unpaired) electrons. The van der Waals surface area contributed by atoms with Crippen LogP contribution in [0.25, 0.3) is 0 Å². The predicted molar refractivity (Wildman–Crippen MR) is 125 cm³/mol. The van der Waals surface area contributed by atoms with Gasteiger partial charge in [0.25, 0.3) is 5.91 Å². The van der Waals surface area contributed by atoms with Crippen molar-refractivity contribution in [2.75, 3.05) is 24.7 Å². The molecule has 5 N–H and O–H groups in total. The van der Waals surface area contributed by atoms with Crippen LogP contribution in [0.4, 0.5) is 10.2 Å². The smallest absolute Gasteiger partial charge is 0.277 e. The third-order valence-electron chi connectivity index (χ3n) is 6.23. The second-order valence-corrected chi connectivity index (χ2v) is 11.5. The third kappa shape index (κ3) is 4.13. The number of aliphatic imine (C=N–C) groups is 1. The fourth-order valence-corrected chi connectivity index (χ4v) is 7.33. The van der Waals surface area contributed by atoms with E-state index in [2.05, 4.69) is 30.0 Å². The number of amides is 1. The van der Waals surface area contributed by atoms with Crippen molar-refractivity contribution in [3.05, 3.63) is 41.7 Å². The van der Waals surface area contributed by atoms with Gasteiger partial charge in [-0.1, -0.05) is 16.9 Å². The Bertz CT molecular complexity index is 1100. The van der Waals surface area contributed by atoms with Gasteiger partial charge in [0.05, 0.1) is 24.3 Å². The monoisotopic (exact) mass is 477 g/mol. The van der Waals surface area contributed by atoms with Gasteiger partial charge in [-0.3, -0.25) is 14.5 Å². The van der Waals surface area contributed by atoms with E-state index in [0.29, 0.717) is 13.0 Å². The molecule has 4 heterocycles. The molecule has 0 spiro atoms. The Morgan fingerprint density at radius 3 is 2.79 bits per heavy atom. The summed E-state index contributed by atoms with van der Waals surface area (Å²) in [5.74, 6) is -0.331. The number of ether oxygens (including phenoxy) is 1. The van der Waals surface area contributed by atoms with Crippen LogP contribution >= 0.6 is 10.5 Å². The summed E-state index contributed by atoms with van der Waals surface area (Å²) in [6.45, 7) is 4.26. The topological polar surface area (TPSA) is 148 Å². The fourth-order valence-electron chi connectivity index (χ4n) is 4.22. The molecular weight excluding hydrogens is 449 g/mol. The first kappa shape index (κ1) is 23.3. The average molecular weight is 478 g/mol. The van der Waals surface area contributed by atoms with Gasteiger partial charge in [0.1, 0.15) is 34.4 Å². The number of fused-ring (bicyclic) bond motifs is 1. The van der Waals surface area contributed by atoms with Crippen LogP contribution in [0.5, 0.6) is 5.88 Å². The Hall–Kier alpha value is -2.83. The number of rotatable bonds is 4. The molecule has 3 unspecified atom stereocenters. The molecule has 2 aromatic rings. The highest BCUT2D eigenvalue weighted by Crippen LogP contribution is 2.61. The third-order valence-corrected chi connectivity index (χ3v) is 9.80. The van der Waals surface area contributed by atoms with Crippen LogP contribution in [0.1, 0.15) is 49.3 Å². The lowest BCUT2D eigenvalue weighted by molar-refractivity contribution is 0.102. The van der Waals surface area contributed by atoms with Crippen molar-refractivity contribution >= 4 is 28.1 Å². The Morgan fingerprint density at radius 2 is 2.09 bits per heavy atom. The summed E-state index contributed by atoms with van der Waals surface area (Å²) in [5, 5.41) is 2.60. The van der Waals surface area contributed by atoms with Crippen LogP contribution in [-0.4, -0.2) is 55.4 Å². The predicted octanol–water partition coefficient (Wildman–Crippen LogP) is 2.58. The van der Waals surface area contributed by atoms with Crippen molar-refractivity contribution in [1.82, 2.24) is 19.7 Å². The summed E-state index contributed by atoms with van der Waals surface area (Å²) in [6, 6.07) is 2.56. The highest BCUT2D eigenvalue weighted by atomic mass is 32.3. The van der Waals surface area contributed by atoms with Gasteiger partial charge in [-0.25, -0.2) is 19.3 Å². The van der Waals surface area contributed by atoms with E-state index in [0.717, 1.165) is 12.8 Å². The number of nitrogens with one attached hydrogen (secondary N) is 2. The van der Waals surface area contributed by atoms with Gasteiger partial charge in [-0.05, 0) is 38.8 Å². The summed E-state index contributed by atoms with van der Waals surface area (Å²) >= 11 is 0. The van der Waals surface area contributed by atoms with E-state index in [4.69, 9.17) is 10.5 Å². The first-order valence-corrected chi connectivity index (χ1v) is 12.3. The molecule has 3 atom stereocenters. The lowest BCUT2D eigenvalue weighted by Crippen LogP contribution is -2.57. The zero-order valence-electron chi connectivity index (χ0n) is 18.8. The zero-order valence-corrected chi connectivity index (χ0v) is 19.6. The normalized spacial score (nSPS) is 31.4. The van der Waals surface area contributed by atoms with Crippen LogP contribution in [0.15, 0.2) is 29.5 Å². The Balaban J connectivity index is 1.66. The molecule has 1 amide bonds. The van der Waals surface area contributed by atoms with Gasteiger partial charge in [0.15, 0.2) is 0 Å². The average Bonchev–Trinajstić information content (AvgIpc) is 2.93. The van der Waals surface area contributed by atoms with Crippen molar-refractivity contribution in [2.24, 2.45) is 10.7 Å². The van der Waals surface area contributed by atoms with E-state index in [1.54, 1.807) is 6.92 Å². The molecule has 1 saturated heterocycles. The second-order valence-electron chi connectivity index (χ2n) is 8.62. The number of nitrogens with two attached hydrogens (primary N) is 1. The van der Waals surface area contributed by atoms with E-state index in [-0.39, 0.29) is 34.7 Å². The van der Waals surface area contributed by atoms with Crippen molar-refractivity contribution in [2.45, 2.75) is 43.4 Å². The Labute approximate surface area is 192 Å². The number of nitrogens with zero attached hydrogens (tertiary/aromatic N) is 4. The minimum Gasteiger partial charge on any atom is -0.480 e. The van der Waals surface area contributed by atoms with E-state index in [9.17, 15) is 13.7 Å². The summed E-state index contributed by atoms with van der Waals surface area (Å²) in [4.78, 5) is 29.5. The molecule has 0 bridgehead atoms. The number of aromatic nitrogens is 3. The molecule has 1 fully saturated rings. The number of carbonyl (C=O) groups excluding carboxylic acids is 1. The zero-order chi connectivity index (χ0) is 23.9. The molecule has 0 saturated carbocycles. The summed E-state index contributed by atoms with van der Waals surface area (Å²) in [7, 11) is -1.01. The van der Waals surface area contributed by atoms with Crippen molar-refractivity contribution < 1.29 is 18.5 Å². The Kier molecular flexibility index (Phi) is 6.01. The highest BCUT2D eigenvalue weighted by molar-refractivity contribution is 8.29. The highest BCUT2D eigenvalue weighted by Gasteiger charge is 2.55. The maximum Gasteiger partial charge on any atom is 0.277 e. The standard InChI is InChI=1S/C21H28FN7O3S/c1-20(12-33(31)21(2,19(23)29-20)8-4-5-9-26-33)17-13(22)6-7-15(27-17)28-18(30)14-10-25-16(32-3)11-24-14/h6-7,10-11,26,31H,4-5,8-9,12H2,1-3H3,(H2,23,29)(H,27,28,30). The van der Waals surface area contributed by atoms with Gasteiger partial charge < -0.3 is 20.3 Å². The van der Waals surface area contributed by atoms with Crippen molar-refractivity contribution in [3.63, 3.8) is 0 Å². The number of carbonyl (C=O) groups is 1. The number of anilines is 1. The van der Waals surface area contributed by atoms with E-state index < -0.39 is 32.5 Å². The molecule has 0 aromatic carbocycles. The molecule has 12 heteroatoms. The van der Waals surface area contributed by atoms with E-state index >= 15 is 0 Å². The molecule has 2 aliphatic rings. The van der Waals surface area contributed by atoms with Gasteiger partial charge in [-0.15, -0.1) is 0 Å². The van der Waals surface area contributed by atoms with Crippen molar-refractivity contribution in [1.29, 1.82) is 0 Å². The largest absolute Gasteiger partial charge is 0.480 e. The molecule has 2 aromatic heterocycles. The first-order chi connectivity index (χ1) is 15.6. The number of methoxy groups -OCH3 is 1. The first-order valence-electron chi connectivity index (χ1n) is 10.6. The quantitative estimate of drug-likeness (QED) is 0.525. The van der Waals surface area contributed by atoms with Gasteiger partial charge in [-0.2, -0.15) is 0 Å². The van der Waals surface area contributed by atoms with Gasteiger partial charge in [0, 0.05) is 12.3 Å². The number of hydrogen-bond acceptors (Lipinski definition) is 9. The SMILES string of the molecule is COc1cnc(C(=O)Nc2ccc(F)c(C3(C)CS4(O)NCCCCC4(C)C(N)=N3)n2)cn1. The number of pyridine rings is 1. The number of halogens is 1. The van der Waals surface area contributed by atoms with Crippen LogP contribution in [0.2, 0.25) is 0 Å². The van der Waals surface area contributed by atoms with Crippen LogP contribution in [0.3, 0.4) is 0 Å². The molecule has 0 aliphatic carbocycles. The minimum atomic E-state index is -2.46. The van der Waals surface area contributed by atoms with Crippen LogP contribution in [-0.2, 0) is 5.54 Å². The number of amidine groups is 1. The molecule has 4 rings (SSSR count). The van der Waals surface area contributed by atoms with Crippen LogP contribution in [0, 0.1) is 5.82 Å². The van der Waals surface area contributed by atoms with E-state index in [1.165, 1.54) is 31.6 Å². The summed E-state index contributed by atoms with van der Waals surface area (Å²) < 4.78 is 34.2. The lowest BCUT2D eigenvalue weighted by Gasteiger charge is -2.54. The second kappa shape index (κ2) is 8.50. The summed E-state index contributed by atoms with van der Waals surface area (Å²) in [6.07, 6.45) is 5.11.